The fourth-order valence-electron chi connectivity index (χ4n) is 2.50. The zero-order valence-corrected chi connectivity index (χ0v) is 16.1. The molecule has 0 aliphatic heterocycles. The van der Waals surface area contributed by atoms with Crippen LogP contribution >= 0.6 is 11.6 Å². The molecule has 0 atom stereocenters. The zero-order valence-electron chi connectivity index (χ0n) is 15.4. The lowest BCUT2D eigenvalue weighted by Crippen LogP contribution is -2.12. The van der Waals surface area contributed by atoms with Gasteiger partial charge in [0.05, 0.1) is 0 Å². The molecule has 0 bridgehead atoms. The second-order valence-electron chi connectivity index (χ2n) is 6.47. The summed E-state index contributed by atoms with van der Waals surface area (Å²) in [6.07, 6.45) is -3.52. The number of halogens is 5. The average molecular weight is 426 g/mol. The van der Waals surface area contributed by atoms with E-state index in [2.05, 4.69) is 25.6 Å². The fourth-order valence-corrected chi connectivity index (χ4v) is 2.73. The highest BCUT2D eigenvalue weighted by Crippen LogP contribution is 2.30. The molecule has 0 saturated carbocycles. The lowest BCUT2D eigenvalue weighted by Gasteiger charge is -2.14. The van der Waals surface area contributed by atoms with E-state index in [4.69, 9.17) is 11.6 Å². The maximum absolute atomic E-state index is 13.7. The third-order valence-electron chi connectivity index (χ3n) is 3.61. The number of benzene rings is 1. The molecule has 0 unspecified atom stereocenters. The lowest BCUT2D eigenvalue weighted by molar-refractivity contribution is -0.141. The van der Waals surface area contributed by atoms with Gasteiger partial charge in [-0.1, -0.05) is 11.6 Å². The van der Waals surface area contributed by atoms with Crippen LogP contribution in [0.2, 0.25) is 5.02 Å². The molecule has 0 spiro atoms. The summed E-state index contributed by atoms with van der Waals surface area (Å²) in [6, 6.07) is 7.69. The van der Waals surface area contributed by atoms with Crippen LogP contribution in [0, 0.1) is 5.82 Å². The molecule has 2 heterocycles. The molecule has 0 fully saturated rings. The third-order valence-corrected chi connectivity index (χ3v) is 3.82. The number of alkyl halides is 3. The van der Waals surface area contributed by atoms with Crippen LogP contribution in [0.4, 0.5) is 34.9 Å². The maximum Gasteiger partial charge on any atom is 0.433 e. The second-order valence-corrected chi connectivity index (χ2v) is 6.91. The van der Waals surface area contributed by atoms with Gasteiger partial charge < -0.3 is 10.6 Å². The first-order chi connectivity index (χ1) is 13.6. The van der Waals surface area contributed by atoms with Gasteiger partial charge in [0, 0.05) is 34.6 Å². The van der Waals surface area contributed by atoms with Crippen molar-refractivity contribution in [3.63, 3.8) is 0 Å². The van der Waals surface area contributed by atoms with Gasteiger partial charge in [-0.05, 0) is 44.2 Å². The van der Waals surface area contributed by atoms with Gasteiger partial charge in [-0.3, -0.25) is 4.98 Å². The van der Waals surface area contributed by atoms with E-state index in [1.54, 1.807) is 0 Å². The van der Waals surface area contributed by atoms with Crippen molar-refractivity contribution in [1.29, 1.82) is 0 Å². The van der Waals surface area contributed by atoms with Gasteiger partial charge in [-0.2, -0.15) is 13.2 Å². The van der Waals surface area contributed by atoms with Crippen molar-refractivity contribution in [3.05, 3.63) is 59.1 Å². The molecule has 3 aromatic rings. The SMILES string of the molecule is CC(C)Nc1cc(Nc2ccnc(C(F)(F)F)c2)nc(-c2cc(F)cc(Cl)c2)n1. The van der Waals surface area contributed by atoms with Crippen LogP contribution in [-0.2, 0) is 6.18 Å². The quantitative estimate of drug-likeness (QED) is 0.497. The molecule has 0 saturated heterocycles. The molecule has 0 radical (unpaired) electrons. The van der Waals surface area contributed by atoms with Crippen molar-refractivity contribution in [2.24, 2.45) is 0 Å². The second kappa shape index (κ2) is 8.20. The first-order valence-electron chi connectivity index (χ1n) is 8.52. The number of hydrogen-bond acceptors (Lipinski definition) is 5. The van der Waals surface area contributed by atoms with Crippen molar-refractivity contribution >= 4 is 28.9 Å². The van der Waals surface area contributed by atoms with E-state index < -0.39 is 17.7 Å². The number of anilines is 3. The molecule has 0 amide bonds. The van der Waals surface area contributed by atoms with Crippen LogP contribution < -0.4 is 10.6 Å². The van der Waals surface area contributed by atoms with Gasteiger partial charge in [0.2, 0.25) is 0 Å². The summed E-state index contributed by atoms with van der Waals surface area (Å²) in [6.45, 7) is 3.79. The summed E-state index contributed by atoms with van der Waals surface area (Å²) >= 11 is 5.91. The predicted octanol–water partition coefficient (Wildman–Crippen LogP) is 5.91. The van der Waals surface area contributed by atoms with E-state index in [1.807, 2.05) is 13.8 Å². The summed E-state index contributed by atoms with van der Waals surface area (Å²) in [5, 5.41) is 6.08. The third kappa shape index (κ3) is 5.54. The molecule has 2 aromatic heterocycles. The highest BCUT2D eigenvalue weighted by Gasteiger charge is 2.32. The predicted molar refractivity (Wildman–Crippen MR) is 104 cm³/mol. The van der Waals surface area contributed by atoms with Crippen molar-refractivity contribution in [2.45, 2.75) is 26.1 Å². The zero-order chi connectivity index (χ0) is 21.2. The van der Waals surface area contributed by atoms with E-state index >= 15 is 0 Å². The molecule has 29 heavy (non-hydrogen) atoms. The lowest BCUT2D eigenvalue weighted by atomic mass is 10.2. The molecule has 5 nitrogen and oxygen atoms in total. The first kappa shape index (κ1) is 20.8. The molecule has 2 N–H and O–H groups in total. The number of pyridine rings is 1. The standard InChI is InChI=1S/C19H16ClF4N5/c1-10(2)26-16-9-17(27-14-3-4-25-15(8-14)19(22,23)24)29-18(28-16)11-5-12(20)7-13(21)6-11/h3-10H,1-2H3,(H2,25,26,27,28,29). The Morgan fingerprint density at radius 2 is 1.72 bits per heavy atom. The first-order valence-corrected chi connectivity index (χ1v) is 8.90. The summed E-state index contributed by atoms with van der Waals surface area (Å²) in [7, 11) is 0. The van der Waals surface area contributed by atoms with Crippen LogP contribution in [0.1, 0.15) is 19.5 Å². The van der Waals surface area contributed by atoms with E-state index in [0.29, 0.717) is 11.4 Å². The molecule has 10 heteroatoms. The molecular formula is C19H16ClF4N5. The molecule has 0 aliphatic carbocycles. The Hall–Kier alpha value is -2.94. The van der Waals surface area contributed by atoms with Crippen molar-refractivity contribution in [3.8, 4) is 11.4 Å². The van der Waals surface area contributed by atoms with Crippen LogP contribution in [0.15, 0.2) is 42.6 Å². The van der Waals surface area contributed by atoms with Gasteiger partial charge in [0.25, 0.3) is 0 Å². The Bertz CT molecular complexity index is 1000. The number of aromatic nitrogens is 3. The summed E-state index contributed by atoms with van der Waals surface area (Å²) in [5.41, 5.74) is -0.560. The number of nitrogens with one attached hydrogen (secondary N) is 2. The average Bonchev–Trinajstić information content (AvgIpc) is 2.59. The minimum atomic E-state index is -4.57. The van der Waals surface area contributed by atoms with Gasteiger partial charge in [-0.25, -0.2) is 14.4 Å². The Labute approximate surface area is 169 Å². The Morgan fingerprint density at radius 3 is 2.38 bits per heavy atom. The minimum Gasteiger partial charge on any atom is -0.368 e. The van der Waals surface area contributed by atoms with Gasteiger partial charge in [0.15, 0.2) is 5.82 Å². The highest BCUT2D eigenvalue weighted by molar-refractivity contribution is 6.30. The summed E-state index contributed by atoms with van der Waals surface area (Å²) in [4.78, 5) is 12.0. The molecular weight excluding hydrogens is 410 g/mol. The minimum absolute atomic E-state index is 0.0273. The number of rotatable bonds is 5. The van der Waals surface area contributed by atoms with E-state index in [9.17, 15) is 17.6 Å². The van der Waals surface area contributed by atoms with Crippen molar-refractivity contribution in [1.82, 2.24) is 15.0 Å². The van der Waals surface area contributed by atoms with Gasteiger partial charge in [-0.15, -0.1) is 0 Å². The number of nitrogens with zero attached hydrogens (tertiary/aromatic N) is 3. The van der Waals surface area contributed by atoms with Gasteiger partial charge in [0.1, 0.15) is 23.1 Å². The Balaban J connectivity index is 2.02. The largest absolute Gasteiger partial charge is 0.433 e. The maximum atomic E-state index is 13.7. The van der Waals surface area contributed by atoms with Crippen LogP contribution in [0.25, 0.3) is 11.4 Å². The smallest absolute Gasteiger partial charge is 0.368 e. The van der Waals surface area contributed by atoms with Gasteiger partial charge >= 0.3 is 6.18 Å². The summed E-state index contributed by atoms with van der Waals surface area (Å²) < 4.78 is 52.4. The van der Waals surface area contributed by atoms with E-state index in [-0.39, 0.29) is 28.4 Å². The highest BCUT2D eigenvalue weighted by atomic mass is 35.5. The molecule has 152 valence electrons. The molecule has 0 aliphatic rings. The molecule has 1 aromatic carbocycles. The van der Waals surface area contributed by atoms with Crippen LogP contribution in [-0.4, -0.2) is 21.0 Å². The van der Waals surface area contributed by atoms with Crippen molar-refractivity contribution in [2.75, 3.05) is 10.6 Å². The Morgan fingerprint density at radius 1 is 1.00 bits per heavy atom. The Kier molecular flexibility index (Phi) is 5.88. The van der Waals surface area contributed by atoms with E-state index in [1.165, 1.54) is 24.3 Å². The van der Waals surface area contributed by atoms with Crippen molar-refractivity contribution < 1.29 is 17.6 Å². The van der Waals surface area contributed by atoms with Crippen LogP contribution in [0.3, 0.4) is 0 Å². The summed E-state index contributed by atoms with van der Waals surface area (Å²) in [5.74, 6) is 0.234. The molecule has 3 rings (SSSR count). The topological polar surface area (TPSA) is 62.7 Å². The van der Waals surface area contributed by atoms with E-state index in [0.717, 1.165) is 18.3 Å². The number of hydrogen-bond donors (Lipinski definition) is 2. The van der Waals surface area contributed by atoms with Crippen LogP contribution in [0.5, 0.6) is 0 Å². The monoisotopic (exact) mass is 425 g/mol. The fraction of sp³-hybridized carbons (Fsp3) is 0.211. The normalized spacial score (nSPS) is 11.6.